The Labute approximate surface area is 107 Å². The van der Waals surface area contributed by atoms with Crippen LogP contribution in [0.5, 0.6) is 0 Å². The molecule has 3 atom stereocenters. The molecule has 1 N–H and O–H groups in total. The third-order valence-corrected chi connectivity index (χ3v) is 5.07. The molecule has 2 nitrogen and oxygen atoms in total. The van der Waals surface area contributed by atoms with Crippen molar-refractivity contribution in [1.29, 1.82) is 0 Å². The summed E-state index contributed by atoms with van der Waals surface area (Å²) < 4.78 is 5.52. The Balaban J connectivity index is 1.96. The second kappa shape index (κ2) is 6.75. The van der Waals surface area contributed by atoms with Gasteiger partial charge in [0.05, 0.1) is 0 Å². The Morgan fingerprint density at radius 1 is 1.12 bits per heavy atom. The average Bonchev–Trinajstić information content (AvgIpc) is 2.40. The zero-order valence-corrected chi connectivity index (χ0v) is 11.6. The van der Waals surface area contributed by atoms with E-state index in [0.29, 0.717) is 0 Å². The third kappa shape index (κ3) is 3.45. The molecule has 2 fully saturated rings. The second-order valence-electron chi connectivity index (χ2n) is 6.02. The highest BCUT2D eigenvalue weighted by Gasteiger charge is 2.35. The molecule has 1 saturated heterocycles. The van der Waals surface area contributed by atoms with Crippen molar-refractivity contribution >= 4 is 0 Å². The Morgan fingerprint density at radius 3 is 2.53 bits per heavy atom. The van der Waals surface area contributed by atoms with Crippen molar-refractivity contribution < 1.29 is 4.74 Å². The smallest absolute Gasteiger partial charge is 0.0468 e. The summed E-state index contributed by atoms with van der Waals surface area (Å²) in [7, 11) is 2.10. The van der Waals surface area contributed by atoms with Crippen LogP contribution in [0, 0.1) is 23.7 Å². The molecular formula is C15H29NO. The molecule has 2 rings (SSSR count). The number of rotatable bonds is 4. The minimum absolute atomic E-state index is 0.922. The van der Waals surface area contributed by atoms with Crippen LogP contribution < -0.4 is 5.32 Å². The van der Waals surface area contributed by atoms with Gasteiger partial charge >= 0.3 is 0 Å². The van der Waals surface area contributed by atoms with Crippen LogP contribution in [0.15, 0.2) is 0 Å². The Morgan fingerprint density at radius 2 is 1.88 bits per heavy atom. The fourth-order valence-electron chi connectivity index (χ4n) is 3.97. The maximum Gasteiger partial charge on any atom is 0.0468 e. The van der Waals surface area contributed by atoms with Crippen LogP contribution in [0.2, 0.25) is 0 Å². The normalized spacial score (nSPS) is 36.0. The molecule has 3 unspecified atom stereocenters. The van der Waals surface area contributed by atoms with E-state index in [1.807, 2.05) is 0 Å². The molecule has 2 aliphatic rings. The third-order valence-electron chi connectivity index (χ3n) is 5.07. The highest BCUT2D eigenvalue weighted by molar-refractivity contribution is 4.86. The Kier molecular flexibility index (Phi) is 5.30. The fourth-order valence-corrected chi connectivity index (χ4v) is 3.97. The van der Waals surface area contributed by atoms with Gasteiger partial charge in [-0.05, 0) is 62.9 Å². The summed E-state index contributed by atoms with van der Waals surface area (Å²) >= 11 is 0. The first kappa shape index (κ1) is 13.4. The maximum absolute atomic E-state index is 5.52. The molecule has 1 aliphatic heterocycles. The lowest BCUT2D eigenvalue weighted by Gasteiger charge is -2.42. The van der Waals surface area contributed by atoms with E-state index in [2.05, 4.69) is 19.3 Å². The molecule has 2 heteroatoms. The van der Waals surface area contributed by atoms with Crippen LogP contribution in [-0.2, 0) is 4.74 Å². The van der Waals surface area contributed by atoms with Crippen LogP contribution in [0.25, 0.3) is 0 Å². The van der Waals surface area contributed by atoms with Gasteiger partial charge in [-0.25, -0.2) is 0 Å². The van der Waals surface area contributed by atoms with Crippen LogP contribution >= 0.6 is 0 Å². The van der Waals surface area contributed by atoms with Gasteiger partial charge in [0.2, 0.25) is 0 Å². The molecule has 17 heavy (non-hydrogen) atoms. The van der Waals surface area contributed by atoms with Crippen LogP contribution in [-0.4, -0.2) is 26.8 Å². The van der Waals surface area contributed by atoms with Crippen molar-refractivity contribution in [3.63, 3.8) is 0 Å². The van der Waals surface area contributed by atoms with Gasteiger partial charge in [0.25, 0.3) is 0 Å². The van der Waals surface area contributed by atoms with E-state index >= 15 is 0 Å². The zero-order chi connectivity index (χ0) is 12.1. The number of hydrogen-bond donors (Lipinski definition) is 1. The molecule has 100 valence electrons. The first-order chi connectivity index (χ1) is 8.35. The molecule has 0 amide bonds. The monoisotopic (exact) mass is 239 g/mol. The highest BCUT2D eigenvalue weighted by Crippen LogP contribution is 2.42. The van der Waals surface area contributed by atoms with Gasteiger partial charge < -0.3 is 10.1 Å². The van der Waals surface area contributed by atoms with Crippen molar-refractivity contribution in [2.24, 2.45) is 23.7 Å². The molecule has 0 aromatic carbocycles. The van der Waals surface area contributed by atoms with E-state index in [0.717, 1.165) is 36.9 Å². The van der Waals surface area contributed by atoms with Gasteiger partial charge in [-0.1, -0.05) is 19.8 Å². The van der Waals surface area contributed by atoms with Crippen molar-refractivity contribution in [2.75, 3.05) is 26.8 Å². The topological polar surface area (TPSA) is 21.3 Å². The van der Waals surface area contributed by atoms with Crippen molar-refractivity contribution in [3.8, 4) is 0 Å². The molecule has 1 heterocycles. The largest absolute Gasteiger partial charge is 0.381 e. The highest BCUT2D eigenvalue weighted by atomic mass is 16.5. The summed E-state index contributed by atoms with van der Waals surface area (Å²) in [5.41, 5.74) is 0. The SMILES string of the molecule is CCC1CCC(CNC)C(C2CCOCC2)C1. The van der Waals surface area contributed by atoms with Gasteiger partial charge in [0.1, 0.15) is 0 Å². The van der Waals surface area contributed by atoms with Gasteiger partial charge in [-0.3, -0.25) is 0 Å². The second-order valence-corrected chi connectivity index (χ2v) is 6.02. The molecule has 0 aromatic heterocycles. The minimum atomic E-state index is 0.922. The Hall–Kier alpha value is -0.0800. The number of nitrogens with one attached hydrogen (secondary N) is 1. The summed E-state index contributed by atoms with van der Waals surface area (Å²) in [6, 6.07) is 0. The summed E-state index contributed by atoms with van der Waals surface area (Å²) in [5.74, 6) is 3.82. The molecule has 1 saturated carbocycles. The van der Waals surface area contributed by atoms with E-state index in [9.17, 15) is 0 Å². The molecule has 0 radical (unpaired) electrons. The van der Waals surface area contributed by atoms with Gasteiger partial charge in [-0.2, -0.15) is 0 Å². The summed E-state index contributed by atoms with van der Waals surface area (Å²) in [6.45, 7) is 5.59. The first-order valence-electron chi connectivity index (χ1n) is 7.57. The van der Waals surface area contributed by atoms with Crippen LogP contribution in [0.3, 0.4) is 0 Å². The average molecular weight is 239 g/mol. The molecule has 0 spiro atoms. The first-order valence-corrected chi connectivity index (χ1v) is 7.57. The van der Waals surface area contributed by atoms with Crippen LogP contribution in [0.4, 0.5) is 0 Å². The zero-order valence-electron chi connectivity index (χ0n) is 11.6. The fraction of sp³-hybridized carbons (Fsp3) is 1.00. The predicted molar refractivity (Wildman–Crippen MR) is 72.1 cm³/mol. The van der Waals surface area contributed by atoms with Gasteiger partial charge in [-0.15, -0.1) is 0 Å². The molecule has 0 aromatic rings. The van der Waals surface area contributed by atoms with E-state index in [4.69, 9.17) is 4.74 Å². The summed E-state index contributed by atoms with van der Waals surface area (Å²) in [6.07, 6.45) is 8.38. The van der Waals surface area contributed by atoms with E-state index in [1.54, 1.807) is 0 Å². The van der Waals surface area contributed by atoms with E-state index < -0.39 is 0 Å². The van der Waals surface area contributed by atoms with Crippen molar-refractivity contribution in [3.05, 3.63) is 0 Å². The lowest BCUT2D eigenvalue weighted by molar-refractivity contribution is 0.0143. The Bertz CT molecular complexity index is 208. The molecule has 1 aliphatic carbocycles. The predicted octanol–water partition coefficient (Wildman–Crippen LogP) is 3.07. The molecule has 0 bridgehead atoms. The van der Waals surface area contributed by atoms with Crippen molar-refractivity contribution in [2.45, 2.75) is 45.4 Å². The van der Waals surface area contributed by atoms with E-state index in [-0.39, 0.29) is 0 Å². The summed E-state index contributed by atoms with van der Waals surface area (Å²) in [4.78, 5) is 0. The number of ether oxygens (including phenoxy) is 1. The molecular weight excluding hydrogens is 210 g/mol. The lowest BCUT2D eigenvalue weighted by atomic mass is 9.66. The van der Waals surface area contributed by atoms with Gasteiger partial charge in [0.15, 0.2) is 0 Å². The minimum Gasteiger partial charge on any atom is -0.381 e. The standard InChI is InChI=1S/C15H29NO/c1-3-12-4-5-14(11-16-2)15(10-12)13-6-8-17-9-7-13/h12-16H,3-11H2,1-2H3. The van der Waals surface area contributed by atoms with Gasteiger partial charge in [0, 0.05) is 13.2 Å². The van der Waals surface area contributed by atoms with E-state index in [1.165, 1.54) is 45.1 Å². The lowest BCUT2D eigenvalue weighted by Crippen LogP contribution is -2.37. The van der Waals surface area contributed by atoms with Crippen LogP contribution in [0.1, 0.15) is 45.4 Å². The summed E-state index contributed by atoms with van der Waals surface area (Å²) in [5, 5.41) is 3.41. The quantitative estimate of drug-likeness (QED) is 0.814. The maximum atomic E-state index is 5.52. The van der Waals surface area contributed by atoms with Crippen molar-refractivity contribution in [1.82, 2.24) is 5.32 Å². The number of hydrogen-bond acceptors (Lipinski definition) is 2.